The van der Waals surface area contributed by atoms with Crippen molar-refractivity contribution in [3.05, 3.63) is 53.9 Å². The molecule has 126 valence electrons. The molecule has 1 aromatic carbocycles. The monoisotopic (exact) mass is 324 g/mol. The van der Waals surface area contributed by atoms with Crippen LogP contribution in [0.15, 0.2) is 42.7 Å². The molecule has 2 aliphatic heterocycles. The van der Waals surface area contributed by atoms with E-state index in [-0.39, 0.29) is 18.0 Å². The molecular formula is C19H24N4O. The van der Waals surface area contributed by atoms with E-state index in [1.165, 1.54) is 5.56 Å². The fourth-order valence-electron chi connectivity index (χ4n) is 4.10. The normalized spacial score (nSPS) is 26.1. The Hall–Kier alpha value is -2.14. The van der Waals surface area contributed by atoms with Gasteiger partial charge in [0.15, 0.2) is 0 Å². The van der Waals surface area contributed by atoms with Crippen LogP contribution in [0.5, 0.6) is 0 Å². The van der Waals surface area contributed by atoms with Gasteiger partial charge in [-0.3, -0.25) is 9.48 Å². The highest BCUT2D eigenvalue weighted by Gasteiger charge is 2.46. The van der Waals surface area contributed by atoms with Crippen molar-refractivity contribution in [2.45, 2.75) is 25.9 Å². The average molecular weight is 324 g/mol. The lowest BCUT2D eigenvalue weighted by atomic mass is 9.89. The number of hydrogen-bond donors (Lipinski definition) is 1. The molecule has 5 nitrogen and oxygen atoms in total. The summed E-state index contributed by atoms with van der Waals surface area (Å²) >= 11 is 0. The molecule has 3 heterocycles. The molecular weight excluding hydrogens is 300 g/mol. The van der Waals surface area contributed by atoms with Crippen LogP contribution >= 0.6 is 0 Å². The SMILES string of the molecule is CC(C)n1cc(C(=O)N2C[C@@H]3CNC[C@@H]3[C@H]2c2ccccc2)cn1. The predicted octanol–water partition coefficient (Wildman–Crippen LogP) is 2.50. The van der Waals surface area contributed by atoms with E-state index >= 15 is 0 Å². The number of rotatable bonds is 3. The Morgan fingerprint density at radius 2 is 2.04 bits per heavy atom. The van der Waals surface area contributed by atoms with Crippen LogP contribution in [0.3, 0.4) is 0 Å². The van der Waals surface area contributed by atoms with Crippen molar-refractivity contribution in [3.63, 3.8) is 0 Å². The number of likely N-dealkylation sites (tertiary alicyclic amines) is 1. The van der Waals surface area contributed by atoms with Crippen LogP contribution < -0.4 is 5.32 Å². The van der Waals surface area contributed by atoms with Crippen LogP contribution in [0.4, 0.5) is 0 Å². The van der Waals surface area contributed by atoms with Gasteiger partial charge in [0, 0.05) is 37.8 Å². The van der Waals surface area contributed by atoms with E-state index in [4.69, 9.17) is 0 Å². The third-order valence-electron chi connectivity index (χ3n) is 5.34. The highest BCUT2D eigenvalue weighted by Crippen LogP contribution is 2.43. The molecule has 1 amide bonds. The Balaban J connectivity index is 1.66. The Kier molecular flexibility index (Phi) is 3.88. The zero-order valence-corrected chi connectivity index (χ0v) is 14.2. The van der Waals surface area contributed by atoms with Gasteiger partial charge in [-0.05, 0) is 25.3 Å². The summed E-state index contributed by atoms with van der Waals surface area (Å²) < 4.78 is 1.85. The molecule has 0 spiro atoms. The Bertz CT molecular complexity index is 724. The molecule has 24 heavy (non-hydrogen) atoms. The molecule has 0 unspecified atom stereocenters. The molecule has 0 bridgehead atoms. The first kappa shape index (κ1) is 15.4. The molecule has 2 saturated heterocycles. The standard InChI is InChI=1S/C19H24N4O/c1-13(2)23-12-16(9-21-23)19(24)22-11-15-8-20-10-17(15)18(22)14-6-4-3-5-7-14/h3-7,9,12-13,15,17-18,20H,8,10-11H2,1-2H3/t15-,17-,18+/m0/s1. The van der Waals surface area contributed by atoms with Crippen LogP contribution in [-0.4, -0.2) is 40.2 Å². The van der Waals surface area contributed by atoms with Crippen molar-refractivity contribution < 1.29 is 4.79 Å². The van der Waals surface area contributed by atoms with Crippen LogP contribution in [0.2, 0.25) is 0 Å². The highest BCUT2D eigenvalue weighted by atomic mass is 16.2. The van der Waals surface area contributed by atoms with Crippen molar-refractivity contribution in [1.29, 1.82) is 0 Å². The summed E-state index contributed by atoms with van der Waals surface area (Å²) in [4.78, 5) is 15.2. The molecule has 4 rings (SSSR count). The molecule has 2 fully saturated rings. The van der Waals surface area contributed by atoms with Gasteiger partial charge in [-0.1, -0.05) is 30.3 Å². The summed E-state index contributed by atoms with van der Waals surface area (Å²) in [7, 11) is 0. The second-order valence-electron chi connectivity index (χ2n) is 7.20. The van der Waals surface area contributed by atoms with Crippen molar-refractivity contribution in [1.82, 2.24) is 20.0 Å². The number of amides is 1. The largest absolute Gasteiger partial charge is 0.331 e. The average Bonchev–Trinajstić information content (AvgIpc) is 3.30. The quantitative estimate of drug-likeness (QED) is 0.944. The number of fused-ring (bicyclic) bond motifs is 1. The maximum Gasteiger partial charge on any atom is 0.257 e. The van der Waals surface area contributed by atoms with Crippen LogP contribution in [-0.2, 0) is 0 Å². The van der Waals surface area contributed by atoms with E-state index in [0.29, 0.717) is 17.4 Å². The summed E-state index contributed by atoms with van der Waals surface area (Å²) in [5.41, 5.74) is 1.93. The Labute approximate surface area is 142 Å². The highest BCUT2D eigenvalue weighted by molar-refractivity contribution is 5.94. The smallest absolute Gasteiger partial charge is 0.257 e. The van der Waals surface area contributed by atoms with E-state index in [1.807, 2.05) is 16.9 Å². The first-order chi connectivity index (χ1) is 11.6. The number of benzene rings is 1. The minimum atomic E-state index is 0.102. The fraction of sp³-hybridized carbons (Fsp3) is 0.474. The van der Waals surface area contributed by atoms with E-state index in [1.54, 1.807) is 6.20 Å². The van der Waals surface area contributed by atoms with Crippen molar-refractivity contribution in [2.24, 2.45) is 11.8 Å². The molecule has 0 saturated carbocycles. The molecule has 1 N–H and O–H groups in total. The minimum Gasteiger partial charge on any atom is -0.331 e. The van der Waals surface area contributed by atoms with E-state index in [0.717, 1.165) is 19.6 Å². The lowest BCUT2D eigenvalue weighted by Crippen LogP contribution is -2.34. The second kappa shape index (κ2) is 6.06. The summed E-state index contributed by atoms with van der Waals surface area (Å²) in [6, 6.07) is 10.8. The minimum absolute atomic E-state index is 0.102. The molecule has 2 aromatic rings. The van der Waals surface area contributed by atoms with Crippen molar-refractivity contribution in [2.75, 3.05) is 19.6 Å². The van der Waals surface area contributed by atoms with E-state index in [9.17, 15) is 4.79 Å². The molecule has 0 aliphatic carbocycles. The Morgan fingerprint density at radius 1 is 1.25 bits per heavy atom. The molecule has 3 atom stereocenters. The maximum absolute atomic E-state index is 13.1. The summed E-state index contributed by atoms with van der Waals surface area (Å²) in [5.74, 6) is 1.14. The lowest BCUT2D eigenvalue weighted by molar-refractivity contribution is 0.0714. The van der Waals surface area contributed by atoms with Gasteiger partial charge in [0.2, 0.25) is 0 Å². The van der Waals surface area contributed by atoms with Gasteiger partial charge in [-0.15, -0.1) is 0 Å². The number of nitrogens with one attached hydrogen (secondary N) is 1. The zero-order valence-electron chi connectivity index (χ0n) is 14.2. The molecule has 5 heteroatoms. The van der Waals surface area contributed by atoms with E-state index < -0.39 is 0 Å². The van der Waals surface area contributed by atoms with Gasteiger partial charge in [-0.25, -0.2) is 0 Å². The number of nitrogens with zero attached hydrogens (tertiary/aromatic N) is 3. The topological polar surface area (TPSA) is 50.2 Å². The van der Waals surface area contributed by atoms with Gasteiger partial charge in [0.25, 0.3) is 5.91 Å². The van der Waals surface area contributed by atoms with Crippen molar-refractivity contribution >= 4 is 5.91 Å². The van der Waals surface area contributed by atoms with Gasteiger partial charge < -0.3 is 10.2 Å². The third-order valence-corrected chi connectivity index (χ3v) is 5.34. The zero-order chi connectivity index (χ0) is 16.7. The first-order valence-electron chi connectivity index (χ1n) is 8.76. The third kappa shape index (κ3) is 2.53. The number of carbonyl (C=O) groups excluding carboxylic acids is 1. The summed E-state index contributed by atoms with van der Waals surface area (Å²) in [5, 5.41) is 7.82. The summed E-state index contributed by atoms with van der Waals surface area (Å²) in [6.07, 6.45) is 3.58. The maximum atomic E-state index is 13.1. The number of hydrogen-bond acceptors (Lipinski definition) is 3. The van der Waals surface area contributed by atoms with Crippen molar-refractivity contribution in [3.8, 4) is 0 Å². The molecule has 0 radical (unpaired) electrons. The van der Waals surface area contributed by atoms with Gasteiger partial charge in [0.1, 0.15) is 0 Å². The predicted molar refractivity (Wildman–Crippen MR) is 92.7 cm³/mol. The Morgan fingerprint density at radius 3 is 2.75 bits per heavy atom. The lowest BCUT2D eigenvalue weighted by Gasteiger charge is -2.28. The second-order valence-corrected chi connectivity index (χ2v) is 7.20. The van der Waals surface area contributed by atoms with E-state index in [2.05, 4.69) is 53.4 Å². The van der Waals surface area contributed by atoms with Crippen LogP contribution in [0.25, 0.3) is 0 Å². The van der Waals surface area contributed by atoms with Gasteiger partial charge in [-0.2, -0.15) is 5.10 Å². The first-order valence-corrected chi connectivity index (χ1v) is 8.76. The molecule has 1 aromatic heterocycles. The van der Waals surface area contributed by atoms with Gasteiger partial charge >= 0.3 is 0 Å². The van der Waals surface area contributed by atoms with Gasteiger partial charge in [0.05, 0.1) is 17.8 Å². The van der Waals surface area contributed by atoms with Crippen LogP contribution in [0.1, 0.15) is 41.9 Å². The summed E-state index contributed by atoms with van der Waals surface area (Å²) in [6.45, 7) is 6.95. The van der Waals surface area contributed by atoms with Crippen LogP contribution in [0, 0.1) is 11.8 Å². The molecule has 2 aliphatic rings. The number of carbonyl (C=O) groups is 1. The fourth-order valence-corrected chi connectivity index (χ4v) is 4.10. The number of aromatic nitrogens is 2.